The Bertz CT molecular complexity index is 618. The van der Waals surface area contributed by atoms with Crippen LogP contribution in [0.15, 0.2) is 42.5 Å². The highest BCUT2D eigenvalue weighted by Gasteiger charge is 2.19. The van der Waals surface area contributed by atoms with Crippen molar-refractivity contribution in [3.05, 3.63) is 70.8 Å². The smallest absolute Gasteiger partial charge is 0.159 e. The molecule has 1 aliphatic rings. The summed E-state index contributed by atoms with van der Waals surface area (Å²) in [6, 6.07) is 11.7. The van der Waals surface area contributed by atoms with Crippen molar-refractivity contribution in [3.8, 4) is 0 Å². The molecule has 2 aromatic carbocycles. The Morgan fingerprint density at radius 3 is 2.29 bits per heavy atom. The minimum absolute atomic E-state index is 0.278. The first-order valence-corrected chi connectivity index (χ1v) is 7.35. The van der Waals surface area contributed by atoms with Crippen molar-refractivity contribution in [3.63, 3.8) is 0 Å². The maximum absolute atomic E-state index is 13.2. The molecule has 1 aliphatic carbocycles. The van der Waals surface area contributed by atoms with Gasteiger partial charge in [0.1, 0.15) is 0 Å². The maximum Gasteiger partial charge on any atom is 0.159 e. The van der Waals surface area contributed by atoms with Crippen molar-refractivity contribution in [1.29, 1.82) is 0 Å². The molecule has 0 radical (unpaired) electrons. The summed E-state index contributed by atoms with van der Waals surface area (Å²) in [4.78, 5) is 0. The highest BCUT2D eigenvalue weighted by molar-refractivity contribution is 5.29. The summed E-state index contributed by atoms with van der Waals surface area (Å²) in [6.45, 7) is 0. The molecule has 1 saturated carbocycles. The molecule has 3 heteroatoms. The van der Waals surface area contributed by atoms with Gasteiger partial charge in [0.25, 0.3) is 0 Å². The molecule has 0 heterocycles. The van der Waals surface area contributed by atoms with E-state index in [0.29, 0.717) is 11.5 Å². The van der Waals surface area contributed by atoms with Crippen molar-refractivity contribution < 1.29 is 13.9 Å². The quantitative estimate of drug-likeness (QED) is 0.877. The second kappa shape index (κ2) is 5.94. The fourth-order valence-electron chi connectivity index (χ4n) is 2.74. The summed E-state index contributed by atoms with van der Waals surface area (Å²) in [6.07, 6.45) is 3.36. The average molecular weight is 288 g/mol. The van der Waals surface area contributed by atoms with Crippen LogP contribution in [0.25, 0.3) is 0 Å². The average Bonchev–Trinajstić information content (AvgIpc) is 2.42. The van der Waals surface area contributed by atoms with Gasteiger partial charge in [-0.15, -0.1) is 0 Å². The molecule has 0 aliphatic heterocycles. The predicted molar refractivity (Wildman–Crippen MR) is 78.1 cm³/mol. The van der Waals surface area contributed by atoms with Crippen LogP contribution in [0.2, 0.25) is 0 Å². The number of rotatable bonds is 4. The molecule has 1 fully saturated rings. The minimum atomic E-state index is -0.875. The Morgan fingerprint density at radius 2 is 1.71 bits per heavy atom. The van der Waals surface area contributed by atoms with Crippen LogP contribution in [0.3, 0.4) is 0 Å². The molecule has 0 aromatic heterocycles. The van der Waals surface area contributed by atoms with Gasteiger partial charge >= 0.3 is 0 Å². The zero-order valence-corrected chi connectivity index (χ0v) is 11.7. The van der Waals surface area contributed by atoms with Gasteiger partial charge in [0.05, 0.1) is 6.10 Å². The van der Waals surface area contributed by atoms with Gasteiger partial charge in [0.2, 0.25) is 0 Å². The van der Waals surface area contributed by atoms with E-state index in [0.717, 1.165) is 17.7 Å². The van der Waals surface area contributed by atoms with Gasteiger partial charge in [-0.1, -0.05) is 36.8 Å². The van der Waals surface area contributed by atoms with E-state index in [1.54, 1.807) is 0 Å². The third kappa shape index (κ3) is 3.13. The topological polar surface area (TPSA) is 20.2 Å². The SMILES string of the molecule is OC(Cc1ccc(F)c(F)c1)c1ccc(C2CCC2)cc1. The minimum Gasteiger partial charge on any atom is -0.388 e. The number of aliphatic hydroxyl groups is 1. The summed E-state index contributed by atoms with van der Waals surface area (Å²) in [5, 5.41) is 10.2. The second-order valence-electron chi connectivity index (χ2n) is 5.76. The van der Waals surface area contributed by atoms with E-state index >= 15 is 0 Å². The van der Waals surface area contributed by atoms with Gasteiger partial charge < -0.3 is 5.11 Å². The van der Waals surface area contributed by atoms with E-state index in [9.17, 15) is 13.9 Å². The number of halogens is 2. The molecule has 0 saturated heterocycles. The first kappa shape index (κ1) is 14.2. The zero-order chi connectivity index (χ0) is 14.8. The zero-order valence-electron chi connectivity index (χ0n) is 11.7. The third-order valence-electron chi connectivity index (χ3n) is 4.31. The number of aliphatic hydroxyl groups excluding tert-OH is 1. The van der Waals surface area contributed by atoms with Crippen LogP contribution in [-0.4, -0.2) is 5.11 Å². The summed E-state index contributed by atoms with van der Waals surface area (Å²) in [5.41, 5.74) is 2.72. The Labute approximate surface area is 123 Å². The lowest BCUT2D eigenvalue weighted by Crippen LogP contribution is -2.09. The number of hydrogen-bond acceptors (Lipinski definition) is 1. The maximum atomic E-state index is 13.2. The van der Waals surface area contributed by atoms with E-state index in [2.05, 4.69) is 12.1 Å². The van der Waals surface area contributed by atoms with Crippen molar-refractivity contribution >= 4 is 0 Å². The van der Waals surface area contributed by atoms with Crippen LogP contribution >= 0.6 is 0 Å². The molecule has 3 rings (SSSR count). The first-order valence-electron chi connectivity index (χ1n) is 7.35. The highest BCUT2D eigenvalue weighted by Crippen LogP contribution is 2.36. The molecule has 110 valence electrons. The summed E-state index contributed by atoms with van der Waals surface area (Å²) in [7, 11) is 0. The van der Waals surface area contributed by atoms with E-state index in [1.807, 2.05) is 12.1 Å². The fraction of sp³-hybridized carbons (Fsp3) is 0.333. The van der Waals surface area contributed by atoms with Crippen molar-refractivity contribution in [2.75, 3.05) is 0 Å². The molecule has 0 bridgehead atoms. The molecule has 1 nitrogen and oxygen atoms in total. The van der Waals surface area contributed by atoms with Crippen LogP contribution in [0, 0.1) is 11.6 Å². The van der Waals surface area contributed by atoms with Crippen molar-refractivity contribution in [2.45, 2.75) is 37.7 Å². The molecule has 0 amide bonds. The summed E-state index contributed by atoms with van der Waals surface area (Å²) < 4.78 is 26.0. The normalized spacial score (nSPS) is 16.5. The van der Waals surface area contributed by atoms with Gasteiger partial charge in [0, 0.05) is 6.42 Å². The molecule has 0 spiro atoms. The largest absolute Gasteiger partial charge is 0.388 e. The highest BCUT2D eigenvalue weighted by atomic mass is 19.2. The summed E-state index contributed by atoms with van der Waals surface area (Å²) in [5.74, 6) is -1.07. The summed E-state index contributed by atoms with van der Waals surface area (Å²) >= 11 is 0. The molecule has 1 N–H and O–H groups in total. The standard InChI is InChI=1S/C18H18F2O/c19-16-9-4-12(10-17(16)20)11-18(21)15-7-5-14(6-8-15)13-2-1-3-13/h4-10,13,18,21H,1-3,11H2. The predicted octanol–water partition coefficient (Wildman–Crippen LogP) is 4.51. The van der Waals surface area contributed by atoms with Gasteiger partial charge in [0.15, 0.2) is 11.6 Å². The monoisotopic (exact) mass is 288 g/mol. The lowest BCUT2D eigenvalue weighted by atomic mass is 9.80. The number of hydrogen-bond donors (Lipinski definition) is 1. The first-order chi connectivity index (χ1) is 10.1. The van der Waals surface area contributed by atoms with Crippen LogP contribution < -0.4 is 0 Å². The Balaban J connectivity index is 1.69. The van der Waals surface area contributed by atoms with Gasteiger partial charge in [-0.2, -0.15) is 0 Å². The molecule has 2 aromatic rings. The van der Waals surface area contributed by atoms with Crippen molar-refractivity contribution in [2.24, 2.45) is 0 Å². The third-order valence-corrected chi connectivity index (χ3v) is 4.31. The molecule has 1 atom stereocenters. The van der Waals surface area contributed by atoms with Crippen LogP contribution in [0.4, 0.5) is 8.78 Å². The van der Waals surface area contributed by atoms with E-state index < -0.39 is 17.7 Å². The molecular formula is C18H18F2O. The van der Waals surface area contributed by atoms with Gasteiger partial charge in [-0.05, 0) is 47.6 Å². The molecular weight excluding hydrogens is 270 g/mol. The van der Waals surface area contributed by atoms with Crippen LogP contribution in [-0.2, 0) is 6.42 Å². The van der Waals surface area contributed by atoms with Crippen molar-refractivity contribution in [1.82, 2.24) is 0 Å². The number of benzene rings is 2. The molecule has 21 heavy (non-hydrogen) atoms. The van der Waals surface area contributed by atoms with Crippen LogP contribution in [0.5, 0.6) is 0 Å². The Morgan fingerprint density at radius 1 is 1.00 bits per heavy atom. The molecule has 1 unspecified atom stereocenters. The lowest BCUT2D eigenvalue weighted by molar-refractivity contribution is 0.178. The van der Waals surface area contributed by atoms with Crippen LogP contribution in [0.1, 0.15) is 48.0 Å². The van der Waals surface area contributed by atoms with E-state index in [-0.39, 0.29) is 6.42 Å². The Hall–Kier alpha value is -1.74. The van der Waals surface area contributed by atoms with Gasteiger partial charge in [-0.3, -0.25) is 0 Å². The Kier molecular flexibility index (Phi) is 4.02. The lowest BCUT2D eigenvalue weighted by Gasteiger charge is -2.26. The second-order valence-corrected chi connectivity index (χ2v) is 5.76. The van der Waals surface area contributed by atoms with E-state index in [1.165, 1.54) is 30.9 Å². The fourth-order valence-corrected chi connectivity index (χ4v) is 2.74. The van der Waals surface area contributed by atoms with E-state index in [4.69, 9.17) is 0 Å². The van der Waals surface area contributed by atoms with Gasteiger partial charge in [-0.25, -0.2) is 8.78 Å².